The van der Waals surface area contributed by atoms with Crippen LogP contribution in [0.2, 0.25) is 0 Å². The van der Waals surface area contributed by atoms with E-state index in [0.29, 0.717) is 15.6 Å². The van der Waals surface area contributed by atoms with E-state index in [9.17, 15) is 14.7 Å². The lowest BCUT2D eigenvalue weighted by atomic mass is 10.1. The Bertz CT molecular complexity index is 1380. The molecule has 0 atom stereocenters. The highest BCUT2D eigenvalue weighted by atomic mass is 32.2. The van der Waals surface area contributed by atoms with Crippen molar-refractivity contribution in [2.75, 3.05) is 6.61 Å². The van der Waals surface area contributed by atoms with Crippen molar-refractivity contribution in [1.82, 2.24) is 4.57 Å². The number of thioether (sulfide) groups is 1. The highest BCUT2D eigenvalue weighted by molar-refractivity contribution is 8.18. The van der Waals surface area contributed by atoms with Crippen LogP contribution in [0.5, 0.6) is 0 Å². The first kappa shape index (κ1) is 24.1. The number of aliphatic hydroxyl groups is 1. The van der Waals surface area contributed by atoms with Crippen LogP contribution in [0.15, 0.2) is 81.9 Å². The van der Waals surface area contributed by atoms with E-state index >= 15 is 0 Å². The number of nitrogens with zero attached hydrogens (tertiary/aromatic N) is 2. The zero-order valence-corrected chi connectivity index (χ0v) is 20.3. The Hall–Kier alpha value is -4.04. The molecule has 0 spiro atoms. The second kappa shape index (κ2) is 10.1. The van der Waals surface area contributed by atoms with E-state index < -0.39 is 11.9 Å². The van der Waals surface area contributed by atoms with Crippen LogP contribution in [0.1, 0.15) is 34.2 Å². The van der Waals surface area contributed by atoms with Crippen molar-refractivity contribution in [3.05, 3.63) is 99.4 Å². The molecule has 35 heavy (non-hydrogen) atoms. The van der Waals surface area contributed by atoms with Crippen LogP contribution in [0.4, 0.5) is 5.69 Å². The zero-order valence-electron chi connectivity index (χ0n) is 19.5. The van der Waals surface area contributed by atoms with Crippen molar-refractivity contribution in [1.29, 1.82) is 0 Å². The number of rotatable bonds is 6. The Morgan fingerprint density at radius 2 is 1.77 bits per heavy atom. The minimum Gasteiger partial charge on any atom is -0.506 e. The molecule has 0 fully saturated rings. The molecular weight excluding hydrogens is 464 g/mol. The molecule has 2 aromatic carbocycles. The molecule has 0 aliphatic carbocycles. The van der Waals surface area contributed by atoms with Gasteiger partial charge in [-0.1, -0.05) is 30.0 Å². The summed E-state index contributed by atoms with van der Waals surface area (Å²) in [6.45, 7) is 5.78. The molecule has 178 valence electrons. The fourth-order valence-corrected chi connectivity index (χ4v) is 4.86. The number of carboxylic acid groups (broad SMARTS) is 1. The van der Waals surface area contributed by atoms with Gasteiger partial charge in [0.2, 0.25) is 0 Å². The first-order valence-corrected chi connectivity index (χ1v) is 11.8. The standard InChI is InChI=1S/C27H24N2O5S/c1-4-34-27(33)23-24(30)22(35-25(23)28-20-8-6-5-7-9-20)15-19-14-16(2)29(17(19)3)21-12-10-18(11-13-21)26(31)32/h5-15,30H,4H2,1-3H3,(H,31,32)/b22-15-,28-25?. The quantitative estimate of drug-likeness (QED) is 0.414. The van der Waals surface area contributed by atoms with Gasteiger partial charge in [-0.15, -0.1) is 0 Å². The lowest BCUT2D eigenvalue weighted by molar-refractivity contribution is -0.138. The molecule has 0 saturated heterocycles. The Labute approximate surface area is 207 Å². The van der Waals surface area contributed by atoms with E-state index in [1.807, 2.05) is 60.9 Å². The largest absolute Gasteiger partial charge is 0.506 e. The number of carboxylic acids is 1. The molecule has 4 rings (SSSR count). The number of hydrogen-bond donors (Lipinski definition) is 2. The summed E-state index contributed by atoms with van der Waals surface area (Å²) in [6.07, 6.45) is 1.82. The van der Waals surface area contributed by atoms with Crippen LogP contribution in [-0.4, -0.2) is 38.4 Å². The number of aromatic carboxylic acids is 1. The van der Waals surface area contributed by atoms with Crippen molar-refractivity contribution in [2.24, 2.45) is 4.99 Å². The average Bonchev–Trinajstić information content (AvgIpc) is 3.29. The van der Waals surface area contributed by atoms with Gasteiger partial charge in [-0.2, -0.15) is 0 Å². The second-order valence-electron chi connectivity index (χ2n) is 7.82. The van der Waals surface area contributed by atoms with E-state index in [0.717, 1.165) is 22.6 Å². The highest BCUT2D eigenvalue weighted by Gasteiger charge is 2.33. The third-order valence-corrected chi connectivity index (χ3v) is 6.51. The van der Waals surface area contributed by atoms with Crippen LogP contribution in [0.3, 0.4) is 0 Å². The Morgan fingerprint density at radius 3 is 2.40 bits per heavy atom. The molecule has 2 N–H and O–H groups in total. The maximum absolute atomic E-state index is 12.6. The monoisotopic (exact) mass is 488 g/mol. The summed E-state index contributed by atoms with van der Waals surface area (Å²) in [5.41, 5.74) is 4.44. The minimum absolute atomic E-state index is 0.0463. The van der Waals surface area contributed by atoms with Crippen molar-refractivity contribution in [3.63, 3.8) is 0 Å². The lowest BCUT2D eigenvalue weighted by Crippen LogP contribution is -2.12. The molecule has 8 heteroatoms. The van der Waals surface area contributed by atoms with E-state index in [-0.39, 0.29) is 23.5 Å². The van der Waals surface area contributed by atoms with Crippen LogP contribution >= 0.6 is 11.8 Å². The van der Waals surface area contributed by atoms with Gasteiger partial charge in [-0.25, -0.2) is 14.6 Å². The number of carbonyl (C=O) groups excluding carboxylic acids is 1. The number of aryl methyl sites for hydroxylation is 1. The average molecular weight is 489 g/mol. The van der Waals surface area contributed by atoms with Gasteiger partial charge in [0.05, 0.1) is 22.8 Å². The van der Waals surface area contributed by atoms with Gasteiger partial charge < -0.3 is 19.5 Å². The fourth-order valence-electron chi connectivity index (χ4n) is 3.84. The molecule has 3 aromatic rings. The van der Waals surface area contributed by atoms with Crippen LogP contribution in [0.25, 0.3) is 11.8 Å². The van der Waals surface area contributed by atoms with E-state index in [1.165, 1.54) is 11.8 Å². The van der Waals surface area contributed by atoms with Crippen molar-refractivity contribution < 1.29 is 24.5 Å². The molecule has 0 unspecified atom stereocenters. The van der Waals surface area contributed by atoms with Crippen molar-refractivity contribution in [2.45, 2.75) is 20.8 Å². The summed E-state index contributed by atoms with van der Waals surface area (Å²) >= 11 is 1.21. The van der Waals surface area contributed by atoms with E-state index in [4.69, 9.17) is 9.84 Å². The van der Waals surface area contributed by atoms with Gasteiger partial charge >= 0.3 is 11.9 Å². The number of ether oxygens (including phenoxy) is 1. The maximum Gasteiger partial charge on any atom is 0.344 e. The van der Waals surface area contributed by atoms with Gasteiger partial charge in [-0.3, -0.25) is 0 Å². The summed E-state index contributed by atoms with van der Waals surface area (Å²) in [5.74, 6) is -1.77. The molecule has 1 aliphatic heterocycles. The molecule has 7 nitrogen and oxygen atoms in total. The molecule has 2 heterocycles. The molecule has 0 radical (unpaired) electrons. The predicted molar refractivity (Wildman–Crippen MR) is 138 cm³/mol. The summed E-state index contributed by atoms with van der Waals surface area (Å²) in [7, 11) is 0. The van der Waals surface area contributed by atoms with Crippen LogP contribution in [-0.2, 0) is 9.53 Å². The molecule has 0 amide bonds. The highest BCUT2D eigenvalue weighted by Crippen LogP contribution is 2.41. The Morgan fingerprint density at radius 1 is 1.09 bits per heavy atom. The third-order valence-electron chi connectivity index (χ3n) is 5.49. The molecule has 0 bridgehead atoms. The van der Waals surface area contributed by atoms with Gasteiger partial charge in [0, 0.05) is 17.1 Å². The van der Waals surface area contributed by atoms with Crippen LogP contribution < -0.4 is 0 Å². The Balaban J connectivity index is 1.75. The van der Waals surface area contributed by atoms with Gasteiger partial charge in [-0.05, 0) is 74.9 Å². The normalized spacial score (nSPS) is 15.7. The zero-order chi connectivity index (χ0) is 25.1. The number of aliphatic hydroxyl groups excluding tert-OH is 1. The van der Waals surface area contributed by atoms with Gasteiger partial charge in [0.25, 0.3) is 0 Å². The van der Waals surface area contributed by atoms with Gasteiger partial charge in [0.15, 0.2) is 0 Å². The van der Waals surface area contributed by atoms with Crippen molar-refractivity contribution in [3.8, 4) is 5.69 Å². The fraction of sp³-hybridized carbons (Fsp3) is 0.148. The number of benzene rings is 2. The van der Waals surface area contributed by atoms with Crippen LogP contribution in [0, 0.1) is 13.8 Å². The molecular formula is C27H24N2O5S. The summed E-state index contributed by atoms with van der Waals surface area (Å²) < 4.78 is 7.17. The number of aliphatic imine (C=N–C) groups is 1. The maximum atomic E-state index is 12.6. The van der Waals surface area contributed by atoms with Gasteiger partial charge in [0.1, 0.15) is 16.4 Å². The lowest BCUT2D eigenvalue weighted by Gasteiger charge is -2.10. The Kier molecular flexibility index (Phi) is 6.93. The second-order valence-corrected chi connectivity index (χ2v) is 8.85. The van der Waals surface area contributed by atoms with Crippen molar-refractivity contribution >= 4 is 40.5 Å². The topological polar surface area (TPSA) is 101 Å². The summed E-state index contributed by atoms with van der Waals surface area (Å²) in [5, 5.41) is 20.5. The predicted octanol–water partition coefficient (Wildman–Crippen LogP) is 5.99. The first-order valence-electron chi connectivity index (χ1n) is 11.0. The number of hydrogen-bond acceptors (Lipinski definition) is 6. The van der Waals surface area contributed by atoms with E-state index in [2.05, 4.69) is 4.99 Å². The van der Waals surface area contributed by atoms with E-state index in [1.54, 1.807) is 31.2 Å². The minimum atomic E-state index is -0.978. The first-order chi connectivity index (χ1) is 16.8. The number of carbonyl (C=O) groups is 2. The molecule has 0 saturated carbocycles. The number of aromatic nitrogens is 1. The number of para-hydroxylation sites is 1. The summed E-state index contributed by atoms with van der Waals surface area (Å²) in [6, 6.07) is 17.8. The SMILES string of the molecule is CCOC(=O)C1=C(O)/C(=C/c2cc(C)n(-c3ccc(C(=O)O)cc3)c2C)SC1=Nc1ccccc1. The summed E-state index contributed by atoms with van der Waals surface area (Å²) in [4.78, 5) is 28.9. The number of esters is 1. The molecule has 1 aliphatic rings. The smallest absolute Gasteiger partial charge is 0.344 e. The molecule has 1 aromatic heterocycles. The third kappa shape index (κ3) is 4.93.